The average molecular weight is 511 g/mol. The fourth-order valence-corrected chi connectivity index (χ4v) is 4.56. The number of nitrogens with zero attached hydrogens (tertiary/aromatic N) is 1. The van der Waals surface area contributed by atoms with Crippen molar-refractivity contribution in [2.45, 2.75) is 20.5 Å². The number of imide groups is 2. The Bertz CT molecular complexity index is 1610. The van der Waals surface area contributed by atoms with Gasteiger partial charge in [-0.2, -0.15) is 0 Å². The molecule has 0 aliphatic carbocycles. The van der Waals surface area contributed by atoms with Crippen LogP contribution in [0.4, 0.5) is 10.5 Å². The highest BCUT2D eigenvalue weighted by atomic mass is 35.5. The van der Waals surface area contributed by atoms with Gasteiger partial charge in [0.05, 0.1) is 5.69 Å². The van der Waals surface area contributed by atoms with E-state index in [1.165, 1.54) is 6.08 Å². The summed E-state index contributed by atoms with van der Waals surface area (Å²) in [6.07, 6.45) is 1.45. The summed E-state index contributed by atoms with van der Waals surface area (Å²) >= 11 is 6.21. The Labute approximate surface area is 219 Å². The number of ether oxygens (including phenoxy) is 1. The number of rotatable bonds is 5. The van der Waals surface area contributed by atoms with Crippen LogP contribution in [0.15, 0.2) is 84.4 Å². The van der Waals surface area contributed by atoms with Crippen molar-refractivity contribution in [1.82, 2.24) is 5.32 Å². The van der Waals surface area contributed by atoms with Gasteiger partial charge in [-0.25, -0.2) is 9.69 Å². The number of anilines is 1. The van der Waals surface area contributed by atoms with Crippen LogP contribution < -0.4 is 15.0 Å². The predicted molar refractivity (Wildman–Crippen MR) is 145 cm³/mol. The Morgan fingerprint density at radius 3 is 2.49 bits per heavy atom. The zero-order valence-electron chi connectivity index (χ0n) is 20.2. The van der Waals surface area contributed by atoms with Crippen molar-refractivity contribution in [3.63, 3.8) is 0 Å². The average Bonchev–Trinajstić information content (AvgIpc) is 2.89. The molecule has 1 aliphatic heterocycles. The number of benzene rings is 4. The summed E-state index contributed by atoms with van der Waals surface area (Å²) in [5.74, 6) is -1.00. The third-order valence-corrected chi connectivity index (χ3v) is 6.86. The first kappa shape index (κ1) is 24.3. The Morgan fingerprint density at radius 1 is 0.892 bits per heavy atom. The molecular formula is C30H23ClN2O4. The Hall–Kier alpha value is -4.42. The van der Waals surface area contributed by atoms with Crippen molar-refractivity contribution in [2.75, 3.05) is 4.90 Å². The monoisotopic (exact) mass is 510 g/mol. The Morgan fingerprint density at radius 2 is 1.65 bits per heavy atom. The number of carbonyl (C=O) groups is 3. The first-order valence-electron chi connectivity index (χ1n) is 11.7. The van der Waals surface area contributed by atoms with Crippen LogP contribution in [0.1, 0.15) is 22.3 Å². The van der Waals surface area contributed by atoms with Crippen LogP contribution >= 0.6 is 11.6 Å². The van der Waals surface area contributed by atoms with E-state index in [9.17, 15) is 14.4 Å². The number of aryl methyl sites for hydroxylation is 1. The molecule has 37 heavy (non-hydrogen) atoms. The molecule has 4 aromatic rings. The van der Waals surface area contributed by atoms with Crippen LogP contribution in [0, 0.1) is 13.8 Å². The summed E-state index contributed by atoms with van der Waals surface area (Å²) < 4.78 is 6.21. The molecular weight excluding hydrogens is 488 g/mol. The summed E-state index contributed by atoms with van der Waals surface area (Å²) in [4.78, 5) is 39.7. The lowest BCUT2D eigenvalue weighted by Gasteiger charge is -2.27. The second-order valence-corrected chi connectivity index (χ2v) is 9.16. The molecule has 7 heteroatoms. The van der Waals surface area contributed by atoms with Crippen molar-refractivity contribution < 1.29 is 19.1 Å². The Kier molecular flexibility index (Phi) is 6.51. The van der Waals surface area contributed by atoms with E-state index < -0.39 is 17.8 Å². The molecule has 1 heterocycles. The maximum atomic E-state index is 13.4. The summed E-state index contributed by atoms with van der Waals surface area (Å²) in [5.41, 5.74) is 3.37. The summed E-state index contributed by atoms with van der Waals surface area (Å²) in [6, 6.07) is 23.5. The summed E-state index contributed by atoms with van der Waals surface area (Å²) in [5, 5.41) is 4.88. The van der Waals surface area contributed by atoms with E-state index in [1.54, 1.807) is 43.3 Å². The van der Waals surface area contributed by atoms with Gasteiger partial charge in [-0.15, -0.1) is 0 Å². The first-order chi connectivity index (χ1) is 17.8. The third-order valence-electron chi connectivity index (χ3n) is 6.45. The first-order valence-corrected chi connectivity index (χ1v) is 12.1. The second-order valence-electron chi connectivity index (χ2n) is 8.75. The van der Waals surface area contributed by atoms with E-state index >= 15 is 0 Å². The van der Waals surface area contributed by atoms with Crippen LogP contribution in [0.5, 0.6) is 5.75 Å². The largest absolute Gasteiger partial charge is 0.488 e. The van der Waals surface area contributed by atoms with Crippen molar-refractivity contribution in [3.8, 4) is 5.75 Å². The van der Waals surface area contributed by atoms with Gasteiger partial charge < -0.3 is 4.74 Å². The molecule has 0 radical (unpaired) electrons. The van der Waals surface area contributed by atoms with Gasteiger partial charge in [-0.3, -0.25) is 14.9 Å². The number of barbiturate groups is 1. The standard InChI is InChI=1S/C30H23ClN2O4/c1-18-14-15-20-8-3-5-10-22(20)24(18)17-37-27-13-6-4-9-21(27)16-23-28(34)32-30(36)33(29(23)35)26-12-7-11-25(31)19(26)2/h3-16H,17H2,1-2H3,(H,32,34,36)/b23-16+. The number of nitrogens with one attached hydrogen (secondary N) is 1. The van der Waals surface area contributed by atoms with Crippen LogP contribution in [0.3, 0.4) is 0 Å². The number of urea groups is 1. The van der Waals surface area contributed by atoms with Gasteiger partial charge >= 0.3 is 6.03 Å². The fourth-order valence-electron chi connectivity index (χ4n) is 4.39. The molecule has 0 aromatic heterocycles. The molecule has 0 atom stereocenters. The van der Waals surface area contributed by atoms with E-state index in [1.807, 2.05) is 25.1 Å². The smallest absolute Gasteiger partial charge is 0.335 e. The molecule has 0 saturated carbocycles. The highest BCUT2D eigenvalue weighted by Crippen LogP contribution is 2.31. The highest BCUT2D eigenvalue weighted by molar-refractivity contribution is 6.40. The van der Waals surface area contributed by atoms with Gasteiger partial charge in [-0.05, 0) is 60.0 Å². The lowest BCUT2D eigenvalue weighted by molar-refractivity contribution is -0.122. The van der Waals surface area contributed by atoms with Crippen LogP contribution in [-0.2, 0) is 16.2 Å². The molecule has 1 aliphatic rings. The van der Waals surface area contributed by atoms with Crippen LogP contribution in [0.25, 0.3) is 16.8 Å². The molecule has 4 aromatic carbocycles. The van der Waals surface area contributed by atoms with E-state index in [4.69, 9.17) is 16.3 Å². The molecule has 6 nitrogen and oxygen atoms in total. The number of carbonyl (C=O) groups excluding carboxylic acids is 3. The minimum Gasteiger partial charge on any atom is -0.488 e. The molecule has 1 N–H and O–H groups in total. The molecule has 0 unspecified atom stereocenters. The number of halogens is 1. The van der Waals surface area contributed by atoms with Gasteiger partial charge in [0.2, 0.25) is 0 Å². The lowest BCUT2D eigenvalue weighted by Crippen LogP contribution is -2.54. The molecule has 4 amide bonds. The summed E-state index contributed by atoms with van der Waals surface area (Å²) in [7, 11) is 0. The minimum atomic E-state index is -0.825. The number of hydrogen-bond acceptors (Lipinski definition) is 4. The second kappa shape index (κ2) is 9.91. The number of para-hydroxylation sites is 1. The molecule has 0 bridgehead atoms. The molecule has 184 valence electrons. The van der Waals surface area contributed by atoms with Gasteiger partial charge in [0, 0.05) is 16.1 Å². The van der Waals surface area contributed by atoms with Crippen molar-refractivity contribution >= 4 is 52.0 Å². The van der Waals surface area contributed by atoms with E-state index in [2.05, 4.69) is 29.6 Å². The maximum Gasteiger partial charge on any atom is 0.335 e. The van der Waals surface area contributed by atoms with Gasteiger partial charge in [-0.1, -0.05) is 72.3 Å². The van der Waals surface area contributed by atoms with E-state index in [-0.39, 0.29) is 5.57 Å². The van der Waals surface area contributed by atoms with Gasteiger partial charge in [0.25, 0.3) is 11.8 Å². The van der Waals surface area contributed by atoms with Crippen molar-refractivity contribution in [3.05, 3.63) is 112 Å². The van der Waals surface area contributed by atoms with Crippen molar-refractivity contribution in [1.29, 1.82) is 0 Å². The molecule has 1 fully saturated rings. The lowest BCUT2D eigenvalue weighted by atomic mass is 10.0. The predicted octanol–water partition coefficient (Wildman–Crippen LogP) is 6.36. The SMILES string of the molecule is Cc1ccc2ccccc2c1COc1ccccc1/C=C1\C(=O)NC(=O)N(c2cccc(Cl)c2C)C1=O. The maximum absolute atomic E-state index is 13.4. The molecule has 0 spiro atoms. The zero-order chi connectivity index (χ0) is 26.1. The van der Waals surface area contributed by atoms with Crippen LogP contribution in [-0.4, -0.2) is 17.8 Å². The third kappa shape index (κ3) is 4.59. The van der Waals surface area contributed by atoms with Gasteiger partial charge in [0.15, 0.2) is 0 Å². The van der Waals surface area contributed by atoms with Gasteiger partial charge in [0.1, 0.15) is 17.9 Å². The summed E-state index contributed by atoms with van der Waals surface area (Å²) in [6.45, 7) is 4.05. The minimum absolute atomic E-state index is 0.184. The zero-order valence-corrected chi connectivity index (χ0v) is 21.0. The van der Waals surface area contributed by atoms with E-state index in [0.717, 1.165) is 26.8 Å². The Balaban J connectivity index is 1.49. The highest BCUT2D eigenvalue weighted by Gasteiger charge is 2.37. The number of hydrogen-bond donors (Lipinski definition) is 1. The number of amides is 4. The molecule has 1 saturated heterocycles. The normalized spacial score (nSPS) is 14.8. The van der Waals surface area contributed by atoms with E-state index in [0.29, 0.717) is 34.2 Å². The number of fused-ring (bicyclic) bond motifs is 1. The fraction of sp³-hybridized carbons (Fsp3) is 0.100. The van der Waals surface area contributed by atoms with Crippen molar-refractivity contribution in [2.24, 2.45) is 0 Å². The quantitative estimate of drug-likeness (QED) is 0.250. The van der Waals surface area contributed by atoms with Crippen LogP contribution in [0.2, 0.25) is 5.02 Å². The molecule has 5 rings (SSSR count). The topological polar surface area (TPSA) is 75.7 Å².